The van der Waals surface area contributed by atoms with Crippen LogP contribution in [0, 0.1) is 6.92 Å². The second-order valence-electron chi connectivity index (χ2n) is 2.83. The monoisotopic (exact) mass is 176 g/mol. The molecule has 2 aromatic rings. The number of carboxylic acids is 1. The maximum Gasteiger partial charge on any atom is 0.337 e. The van der Waals surface area contributed by atoms with Crippen molar-refractivity contribution in [3.05, 3.63) is 29.7 Å². The fourth-order valence-corrected chi connectivity index (χ4v) is 1.37. The minimum atomic E-state index is -0.920. The summed E-state index contributed by atoms with van der Waals surface area (Å²) in [5.41, 5.74) is 1.89. The van der Waals surface area contributed by atoms with Crippen LogP contribution in [0.5, 0.6) is 0 Å². The molecule has 0 saturated carbocycles. The molecule has 2 N–H and O–H groups in total. The largest absolute Gasteiger partial charge is 0.478 e. The van der Waals surface area contributed by atoms with Gasteiger partial charge in [0, 0.05) is 17.8 Å². The third kappa shape index (κ3) is 1.07. The van der Waals surface area contributed by atoms with Gasteiger partial charge in [0.2, 0.25) is 0 Å². The van der Waals surface area contributed by atoms with Gasteiger partial charge in [-0.15, -0.1) is 0 Å². The SMILES string of the molecule is Cc1nccc2c(C(=O)O)c[nH]c12. The summed E-state index contributed by atoms with van der Waals surface area (Å²) in [5.74, 6) is -0.920. The van der Waals surface area contributed by atoms with Gasteiger partial charge in [-0.2, -0.15) is 0 Å². The number of aromatic nitrogens is 2. The molecule has 0 fully saturated rings. The van der Waals surface area contributed by atoms with E-state index in [4.69, 9.17) is 5.11 Å². The van der Waals surface area contributed by atoms with E-state index in [1.165, 1.54) is 6.20 Å². The number of fused-ring (bicyclic) bond motifs is 1. The Morgan fingerprint density at radius 1 is 1.62 bits per heavy atom. The van der Waals surface area contributed by atoms with Gasteiger partial charge in [-0.1, -0.05) is 0 Å². The molecular formula is C9H8N2O2. The first kappa shape index (κ1) is 7.79. The molecule has 0 radical (unpaired) electrons. The van der Waals surface area contributed by atoms with Crippen molar-refractivity contribution in [1.82, 2.24) is 9.97 Å². The minimum Gasteiger partial charge on any atom is -0.478 e. The number of carbonyl (C=O) groups is 1. The third-order valence-electron chi connectivity index (χ3n) is 2.02. The van der Waals surface area contributed by atoms with Crippen LogP contribution in [0.15, 0.2) is 18.5 Å². The number of pyridine rings is 1. The number of aromatic carboxylic acids is 1. The van der Waals surface area contributed by atoms with E-state index < -0.39 is 5.97 Å². The van der Waals surface area contributed by atoms with Crippen molar-refractivity contribution >= 4 is 16.9 Å². The smallest absolute Gasteiger partial charge is 0.337 e. The van der Waals surface area contributed by atoms with Crippen molar-refractivity contribution in [3.8, 4) is 0 Å². The van der Waals surface area contributed by atoms with E-state index in [1.807, 2.05) is 6.92 Å². The van der Waals surface area contributed by atoms with E-state index >= 15 is 0 Å². The molecule has 13 heavy (non-hydrogen) atoms. The van der Waals surface area contributed by atoms with E-state index in [2.05, 4.69) is 9.97 Å². The molecule has 2 heterocycles. The number of hydrogen-bond acceptors (Lipinski definition) is 2. The van der Waals surface area contributed by atoms with Crippen LogP contribution in [0.2, 0.25) is 0 Å². The van der Waals surface area contributed by atoms with Crippen LogP contribution in [0.4, 0.5) is 0 Å². The molecule has 0 aliphatic heterocycles. The molecule has 4 nitrogen and oxygen atoms in total. The zero-order valence-electron chi connectivity index (χ0n) is 7.03. The number of aromatic amines is 1. The van der Waals surface area contributed by atoms with Crippen LogP contribution < -0.4 is 0 Å². The van der Waals surface area contributed by atoms with Crippen LogP contribution in [-0.2, 0) is 0 Å². The van der Waals surface area contributed by atoms with Gasteiger partial charge in [-0.3, -0.25) is 4.98 Å². The Bertz CT molecular complexity index is 473. The summed E-state index contributed by atoms with van der Waals surface area (Å²) < 4.78 is 0. The Kier molecular flexibility index (Phi) is 1.55. The highest BCUT2D eigenvalue weighted by molar-refractivity contribution is 6.03. The molecule has 0 bridgehead atoms. The lowest BCUT2D eigenvalue weighted by Crippen LogP contribution is -1.93. The van der Waals surface area contributed by atoms with Gasteiger partial charge in [-0.05, 0) is 13.0 Å². The standard InChI is InChI=1S/C9H8N2O2/c1-5-8-6(2-3-10-5)7(4-11-8)9(12)13/h2-4,11H,1H3,(H,12,13). The van der Waals surface area contributed by atoms with E-state index in [1.54, 1.807) is 12.3 Å². The number of hydrogen-bond donors (Lipinski definition) is 2. The lowest BCUT2D eigenvalue weighted by atomic mass is 10.2. The molecule has 0 atom stereocenters. The Hall–Kier alpha value is -1.84. The summed E-state index contributed by atoms with van der Waals surface area (Å²) in [7, 11) is 0. The molecule has 0 saturated heterocycles. The number of aryl methyl sites for hydroxylation is 1. The van der Waals surface area contributed by atoms with Gasteiger partial charge in [0.1, 0.15) is 0 Å². The molecule has 2 aromatic heterocycles. The summed E-state index contributed by atoms with van der Waals surface area (Å²) >= 11 is 0. The normalized spacial score (nSPS) is 10.5. The van der Waals surface area contributed by atoms with Crippen molar-refractivity contribution in [2.45, 2.75) is 6.92 Å². The Morgan fingerprint density at radius 3 is 3.08 bits per heavy atom. The van der Waals surface area contributed by atoms with Gasteiger partial charge >= 0.3 is 5.97 Å². The predicted molar refractivity (Wildman–Crippen MR) is 47.8 cm³/mol. The average molecular weight is 176 g/mol. The molecule has 0 amide bonds. The lowest BCUT2D eigenvalue weighted by molar-refractivity contribution is 0.0699. The van der Waals surface area contributed by atoms with Crippen LogP contribution in [0.25, 0.3) is 10.9 Å². The highest BCUT2D eigenvalue weighted by Gasteiger charge is 2.10. The first-order valence-electron chi connectivity index (χ1n) is 3.86. The van der Waals surface area contributed by atoms with Crippen molar-refractivity contribution in [1.29, 1.82) is 0 Å². The first-order chi connectivity index (χ1) is 6.20. The van der Waals surface area contributed by atoms with Crippen LogP contribution in [0.3, 0.4) is 0 Å². The fourth-order valence-electron chi connectivity index (χ4n) is 1.37. The van der Waals surface area contributed by atoms with Gasteiger partial charge in [0.15, 0.2) is 0 Å². The van der Waals surface area contributed by atoms with Crippen LogP contribution in [-0.4, -0.2) is 21.0 Å². The summed E-state index contributed by atoms with van der Waals surface area (Å²) in [6, 6.07) is 1.70. The average Bonchev–Trinajstić information content (AvgIpc) is 2.48. The minimum absolute atomic E-state index is 0.292. The zero-order valence-corrected chi connectivity index (χ0v) is 7.03. The summed E-state index contributed by atoms with van der Waals surface area (Å²) in [6.45, 7) is 1.84. The van der Waals surface area contributed by atoms with Gasteiger partial charge < -0.3 is 10.1 Å². The van der Waals surface area contributed by atoms with Crippen molar-refractivity contribution in [2.75, 3.05) is 0 Å². The van der Waals surface area contributed by atoms with Gasteiger partial charge in [0.25, 0.3) is 0 Å². The lowest BCUT2D eigenvalue weighted by Gasteiger charge is -1.94. The maximum absolute atomic E-state index is 10.7. The Balaban J connectivity index is 2.83. The summed E-state index contributed by atoms with van der Waals surface area (Å²) in [6.07, 6.45) is 3.10. The molecule has 0 spiro atoms. The molecule has 0 aromatic carbocycles. The van der Waals surface area contributed by atoms with Crippen LogP contribution in [0.1, 0.15) is 16.1 Å². The van der Waals surface area contributed by atoms with Gasteiger partial charge in [-0.25, -0.2) is 4.79 Å². The molecule has 4 heteroatoms. The fraction of sp³-hybridized carbons (Fsp3) is 0.111. The highest BCUT2D eigenvalue weighted by atomic mass is 16.4. The van der Waals surface area contributed by atoms with E-state index in [9.17, 15) is 4.79 Å². The van der Waals surface area contributed by atoms with Crippen LogP contribution >= 0.6 is 0 Å². The second kappa shape index (κ2) is 2.58. The van der Waals surface area contributed by atoms with Crippen molar-refractivity contribution in [2.24, 2.45) is 0 Å². The molecular weight excluding hydrogens is 168 g/mol. The molecule has 0 aliphatic rings. The summed E-state index contributed by atoms with van der Waals surface area (Å²) in [5, 5.41) is 9.53. The van der Waals surface area contributed by atoms with Gasteiger partial charge in [0.05, 0.1) is 16.8 Å². The first-order valence-corrected chi connectivity index (χ1v) is 3.86. The Morgan fingerprint density at radius 2 is 2.38 bits per heavy atom. The van der Waals surface area contributed by atoms with E-state index in [0.717, 1.165) is 11.2 Å². The summed E-state index contributed by atoms with van der Waals surface area (Å²) in [4.78, 5) is 17.7. The number of nitrogens with zero attached hydrogens (tertiary/aromatic N) is 1. The predicted octanol–water partition coefficient (Wildman–Crippen LogP) is 1.57. The third-order valence-corrected chi connectivity index (χ3v) is 2.02. The van der Waals surface area contributed by atoms with E-state index in [0.29, 0.717) is 10.9 Å². The number of carboxylic acid groups (broad SMARTS) is 1. The Labute approximate surface area is 74.2 Å². The van der Waals surface area contributed by atoms with Crippen molar-refractivity contribution in [3.63, 3.8) is 0 Å². The second-order valence-corrected chi connectivity index (χ2v) is 2.83. The number of H-pyrrole nitrogens is 1. The molecule has 2 rings (SSSR count). The number of rotatable bonds is 1. The quantitative estimate of drug-likeness (QED) is 0.693. The number of nitrogens with one attached hydrogen (secondary N) is 1. The zero-order chi connectivity index (χ0) is 9.42. The maximum atomic E-state index is 10.7. The topological polar surface area (TPSA) is 66.0 Å². The van der Waals surface area contributed by atoms with E-state index in [-0.39, 0.29) is 0 Å². The van der Waals surface area contributed by atoms with Crippen molar-refractivity contribution < 1.29 is 9.90 Å². The highest BCUT2D eigenvalue weighted by Crippen LogP contribution is 2.19. The molecule has 0 aliphatic carbocycles. The molecule has 66 valence electrons. The molecule has 0 unspecified atom stereocenters.